The van der Waals surface area contributed by atoms with Crippen molar-refractivity contribution in [3.05, 3.63) is 77.9 Å². The van der Waals surface area contributed by atoms with Crippen LogP contribution in [-0.4, -0.2) is 260 Å². The van der Waals surface area contributed by atoms with Crippen molar-refractivity contribution >= 4 is 82.7 Å². The van der Waals surface area contributed by atoms with Crippen molar-refractivity contribution in [2.24, 2.45) is 35.3 Å². The molecule has 0 saturated carbocycles. The van der Waals surface area contributed by atoms with Gasteiger partial charge in [0.2, 0.25) is 53.2 Å². The van der Waals surface area contributed by atoms with Gasteiger partial charge in [-0.2, -0.15) is 0 Å². The molecular weight excluding hydrogens is 1420 g/mol. The van der Waals surface area contributed by atoms with Crippen LogP contribution in [0, 0.1) is 29.6 Å². The molecule has 0 spiro atoms. The van der Waals surface area contributed by atoms with Crippen LogP contribution < -0.4 is 48.3 Å². The number of primary amides is 1. The first kappa shape index (κ1) is 91.7. The number of aliphatic hydroxyl groups excluding tert-OH is 2. The van der Waals surface area contributed by atoms with Gasteiger partial charge in [-0.05, 0) is 99.6 Å². The molecule has 3 aliphatic rings. The number of nitrogens with one attached hydrogen (secondary N) is 8. The normalized spacial score (nSPS) is 20.0. The molecule has 0 bridgehead atoms. The van der Waals surface area contributed by atoms with Crippen LogP contribution >= 0.6 is 0 Å². The fourth-order valence-electron chi connectivity index (χ4n) is 14.4. The Bertz CT molecular complexity index is 3430. The molecule has 2 saturated heterocycles. The highest BCUT2D eigenvalue weighted by atomic mass is 16.5. The summed E-state index contributed by atoms with van der Waals surface area (Å²) in [7, 11) is 9.44. The monoisotopic (exact) mass is 1540 g/mol. The number of likely N-dealkylation sites (tertiary alicyclic amines) is 1. The van der Waals surface area contributed by atoms with Gasteiger partial charge in [-0.1, -0.05) is 118 Å². The molecule has 612 valence electrons. The Balaban J connectivity index is 1.23. The third-order valence-corrected chi connectivity index (χ3v) is 20.7. The van der Waals surface area contributed by atoms with Gasteiger partial charge in [-0.25, -0.2) is 9.59 Å². The molecule has 0 aliphatic carbocycles. The van der Waals surface area contributed by atoms with E-state index in [9.17, 15) is 72.5 Å². The number of hydrogen-bond donors (Lipinski definition) is 11. The van der Waals surface area contributed by atoms with Crippen LogP contribution in [0.25, 0.3) is 0 Å². The molecule has 0 aromatic heterocycles. The summed E-state index contributed by atoms with van der Waals surface area (Å²) in [6.07, 6.45) is -1.78. The summed E-state index contributed by atoms with van der Waals surface area (Å²) in [4.78, 5) is 182. The number of carbonyl (C=O) groups is 13. The average molecular weight is 1540 g/mol. The van der Waals surface area contributed by atoms with Gasteiger partial charge in [0.25, 0.3) is 11.8 Å². The summed E-state index contributed by atoms with van der Waals surface area (Å²) in [5, 5.41) is 43.6. The van der Waals surface area contributed by atoms with Gasteiger partial charge in [-0.15, -0.1) is 0 Å². The van der Waals surface area contributed by atoms with Crippen LogP contribution in [0.3, 0.4) is 0 Å². The number of amides is 13. The number of carbonyl (C=O) groups excluding carboxylic acids is 13. The lowest BCUT2D eigenvalue weighted by molar-refractivity contribution is -0.148. The number of methoxy groups -OCH3 is 3. The first-order valence-electron chi connectivity index (χ1n) is 38.2. The van der Waals surface area contributed by atoms with E-state index in [1.165, 1.54) is 38.5 Å². The van der Waals surface area contributed by atoms with Gasteiger partial charge in [0, 0.05) is 84.5 Å². The predicted octanol–water partition coefficient (Wildman–Crippen LogP) is 1.76. The van der Waals surface area contributed by atoms with E-state index < -0.39 is 145 Å². The topological polar surface area (TPSA) is 435 Å². The number of ether oxygens (including phenoxy) is 4. The Labute approximate surface area is 646 Å². The highest BCUT2D eigenvalue weighted by Crippen LogP contribution is 2.31. The van der Waals surface area contributed by atoms with Gasteiger partial charge in [0.1, 0.15) is 48.5 Å². The van der Waals surface area contributed by atoms with Crippen molar-refractivity contribution in [2.75, 3.05) is 74.0 Å². The SMILES string of the molecule is CC[C@H](C)C(C(CC(=O)N1CCCC1C(OC)C(C)C(=O)N[C@@H](Cc1ccccc1)C(=O)N[C@@H](Cc1ccc(NC(=O)C(CCCNC(N)=O)NC(=O)[C@H](NC(=O)C[C@@H]2O[C@H](CNC(=O)CCCCCN3C(=O)C=CC3=O)C(O)C2O)C(C)C)cc1)C(=O)OC)OC)N(C)C(=O)[C@@H](NC(=O)C(C(C)C)N(C)C)C(C)C. The minimum atomic E-state index is -1.53. The van der Waals surface area contributed by atoms with Crippen molar-refractivity contribution in [3.63, 3.8) is 0 Å². The van der Waals surface area contributed by atoms with Crippen LogP contribution in [0.2, 0.25) is 0 Å². The zero-order chi connectivity index (χ0) is 81.8. The second-order valence-corrected chi connectivity index (χ2v) is 30.2. The number of esters is 1. The zero-order valence-corrected chi connectivity index (χ0v) is 66.5. The minimum Gasteiger partial charge on any atom is -0.467 e. The number of aliphatic hydroxyl groups is 2. The molecule has 9 unspecified atom stereocenters. The number of likely N-dealkylation sites (N-methyl/N-ethyl adjacent to an activating group) is 2. The molecule has 0 radical (unpaired) electrons. The smallest absolute Gasteiger partial charge is 0.328 e. The summed E-state index contributed by atoms with van der Waals surface area (Å²) < 4.78 is 23.2. The lowest BCUT2D eigenvalue weighted by atomic mass is 9.89. The first-order chi connectivity index (χ1) is 52.1. The van der Waals surface area contributed by atoms with E-state index in [0.717, 1.165) is 12.0 Å². The van der Waals surface area contributed by atoms with Crippen LogP contribution in [0.1, 0.15) is 144 Å². The number of imide groups is 1. The Morgan fingerprint density at radius 1 is 0.645 bits per heavy atom. The van der Waals surface area contributed by atoms with Gasteiger partial charge in [-0.3, -0.25) is 62.5 Å². The van der Waals surface area contributed by atoms with E-state index in [1.54, 1.807) is 80.1 Å². The van der Waals surface area contributed by atoms with E-state index in [1.807, 2.05) is 60.5 Å². The highest BCUT2D eigenvalue weighted by molar-refractivity contribution is 6.12. The summed E-state index contributed by atoms with van der Waals surface area (Å²) in [6, 6.07) is 6.84. The van der Waals surface area contributed by atoms with Crippen molar-refractivity contribution in [1.29, 1.82) is 0 Å². The summed E-state index contributed by atoms with van der Waals surface area (Å²) in [5.74, 6) is -8.19. The molecule has 2 fully saturated rings. The quantitative estimate of drug-likeness (QED) is 0.0256. The maximum Gasteiger partial charge on any atom is 0.328 e. The average Bonchev–Trinajstić information content (AvgIpc) is 1.44. The Morgan fingerprint density at radius 3 is 1.84 bits per heavy atom. The van der Waals surface area contributed by atoms with Gasteiger partial charge in [0.05, 0.1) is 62.3 Å². The van der Waals surface area contributed by atoms with Gasteiger partial charge in [0.15, 0.2) is 0 Å². The zero-order valence-electron chi connectivity index (χ0n) is 66.5. The third-order valence-electron chi connectivity index (χ3n) is 20.7. The number of hydrogen-bond acceptors (Lipinski definition) is 20. The van der Waals surface area contributed by atoms with Crippen molar-refractivity contribution < 1.29 is 91.5 Å². The standard InChI is InChI=1S/C78H121N13O19/c1-16-47(8)67(89(12)76(104)65(45(4)5)87-75(103)66(46(6)7)88(10)11)56(107-13)42-63(96)90-38-24-28-55(90)70(108-14)48(9)71(99)84-53(39-49-25-19-17-20-26-49)73(101)85-54(77(105)109-15)40-50-30-32-51(33-31-50)82-72(100)52(27-23-36-80-78(79)106)83-74(102)64(44(2)3)86-60(93)41-57-68(97)69(98)58(110-57)43-81-59(92)29-21-18-22-37-91-61(94)34-35-62(91)95/h17,19-20,25-26,30-35,44-48,52-58,64-70,97-98H,16,18,21-24,27-29,36-43H2,1-15H3,(H,81,92)(H,82,100)(H,83,102)(H,84,99)(H,85,101)(H,86,93)(H,87,103)(H3,79,80,106)/t47-,48?,52?,53-,54-,55?,56?,57-,58+,64+,65-,66?,67?,68?,69?,70?/m0/s1. The second kappa shape index (κ2) is 44.8. The Morgan fingerprint density at radius 2 is 1.25 bits per heavy atom. The fraction of sp³-hybridized carbons (Fsp3) is 0.654. The molecule has 12 N–H and O–H groups in total. The van der Waals surface area contributed by atoms with E-state index in [2.05, 4.69) is 42.5 Å². The number of nitrogens with zero attached hydrogens (tertiary/aromatic N) is 4. The molecule has 5 rings (SSSR count). The molecule has 32 heteroatoms. The maximum absolute atomic E-state index is 14.7. The van der Waals surface area contributed by atoms with E-state index in [4.69, 9.17) is 24.7 Å². The van der Waals surface area contributed by atoms with Gasteiger partial charge >= 0.3 is 12.0 Å². The fourth-order valence-corrected chi connectivity index (χ4v) is 14.4. The van der Waals surface area contributed by atoms with Crippen LogP contribution in [-0.2, 0) is 89.3 Å². The summed E-state index contributed by atoms with van der Waals surface area (Å²) in [5.41, 5.74) is 6.72. The summed E-state index contributed by atoms with van der Waals surface area (Å²) in [6.45, 7) is 17.0. The number of anilines is 1. The minimum absolute atomic E-state index is 0.000684. The first-order valence-corrected chi connectivity index (χ1v) is 38.2. The number of unbranched alkanes of at least 4 members (excludes halogenated alkanes) is 2. The van der Waals surface area contributed by atoms with E-state index >= 15 is 0 Å². The maximum atomic E-state index is 14.7. The van der Waals surface area contributed by atoms with Crippen LogP contribution in [0.4, 0.5) is 10.5 Å². The van der Waals surface area contributed by atoms with E-state index in [0.29, 0.717) is 56.2 Å². The molecule has 2 aromatic rings. The molecule has 13 amide bonds. The Kier molecular flexibility index (Phi) is 37.3. The molecule has 3 aliphatic heterocycles. The van der Waals surface area contributed by atoms with Crippen molar-refractivity contribution in [2.45, 2.75) is 231 Å². The van der Waals surface area contributed by atoms with Gasteiger partial charge < -0.3 is 87.2 Å². The third kappa shape index (κ3) is 26.9. The Hall–Kier alpha value is -8.95. The highest BCUT2D eigenvalue weighted by Gasteiger charge is 2.46. The molecule has 32 nitrogen and oxygen atoms in total. The molecule has 16 atom stereocenters. The molecule has 2 aromatic carbocycles. The summed E-state index contributed by atoms with van der Waals surface area (Å²) >= 11 is 0. The van der Waals surface area contributed by atoms with E-state index in [-0.39, 0.29) is 117 Å². The molecular formula is C78H121N13O19. The molecule has 3 heterocycles. The number of benzene rings is 2. The van der Waals surface area contributed by atoms with Crippen molar-refractivity contribution in [3.8, 4) is 0 Å². The molecule has 110 heavy (non-hydrogen) atoms. The number of nitrogens with two attached hydrogens (primary N) is 1. The van der Waals surface area contributed by atoms with Crippen LogP contribution in [0.5, 0.6) is 0 Å². The lowest BCUT2D eigenvalue weighted by Crippen LogP contribution is -2.59. The van der Waals surface area contributed by atoms with Crippen LogP contribution in [0.15, 0.2) is 66.7 Å². The number of rotatable bonds is 45. The second-order valence-electron chi connectivity index (χ2n) is 30.2. The van der Waals surface area contributed by atoms with Crippen molar-refractivity contribution in [1.82, 2.24) is 56.8 Å². The predicted molar refractivity (Wildman–Crippen MR) is 408 cm³/mol. The lowest BCUT2D eigenvalue weighted by Gasteiger charge is -2.41. The number of urea groups is 1. The largest absolute Gasteiger partial charge is 0.467 e.